The molecule has 0 aromatic carbocycles. The van der Waals surface area contributed by atoms with Crippen molar-refractivity contribution in [3.05, 3.63) is 0 Å². The normalized spacial score (nSPS) is 16.4. The summed E-state index contributed by atoms with van der Waals surface area (Å²) in [4.78, 5) is 26.8. The van der Waals surface area contributed by atoms with Gasteiger partial charge in [0.2, 0.25) is 5.91 Å². The molecule has 6 heteroatoms. The number of amides is 2. The Kier molecular flexibility index (Phi) is 5.60. The maximum absolute atomic E-state index is 11.9. The molecule has 0 atom stereocenters. The Bertz CT molecular complexity index is 317. The first-order chi connectivity index (χ1) is 8.83. The van der Waals surface area contributed by atoms with Gasteiger partial charge in [-0.15, -0.1) is 0 Å². The number of piperazine rings is 1. The van der Waals surface area contributed by atoms with Crippen LogP contribution in [0.2, 0.25) is 0 Å². The predicted octanol–water partition coefficient (Wildman–Crippen LogP) is 1.10. The quantitative estimate of drug-likeness (QED) is 0.772. The Morgan fingerprint density at radius 3 is 2.05 bits per heavy atom. The van der Waals surface area contributed by atoms with Gasteiger partial charge in [0.25, 0.3) is 0 Å². The molecule has 1 aliphatic heterocycles. The Hall–Kier alpha value is -1.30. The number of ether oxygens (including phenoxy) is 2. The molecule has 110 valence electrons. The second-order valence-electron chi connectivity index (χ2n) is 5.47. The molecule has 1 aliphatic rings. The van der Waals surface area contributed by atoms with Gasteiger partial charge in [0, 0.05) is 26.2 Å². The molecule has 1 saturated heterocycles. The molecule has 0 saturated carbocycles. The third kappa shape index (κ3) is 5.46. The lowest BCUT2D eigenvalue weighted by Gasteiger charge is -2.34. The molecule has 1 rings (SSSR count). The first kappa shape index (κ1) is 15.8. The zero-order chi connectivity index (χ0) is 14.5. The fourth-order valence-corrected chi connectivity index (χ4v) is 1.72. The number of carbonyl (C=O) groups is 2. The molecule has 0 spiro atoms. The van der Waals surface area contributed by atoms with E-state index >= 15 is 0 Å². The van der Waals surface area contributed by atoms with E-state index in [4.69, 9.17) is 9.47 Å². The Morgan fingerprint density at radius 1 is 1.05 bits per heavy atom. The molecule has 0 aromatic heterocycles. The summed E-state index contributed by atoms with van der Waals surface area (Å²) in [6.07, 6.45) is -0.305. The lowest BCUT2D eigenvalue weighted by atomic mass is 10.2. The van der Waals surface area contributed by atoms with Crippen LogP contribution in [-0.2, 0) is 14.3 Å². The second kappa shape index (κ2) is 6.75. The zero-order valence-electron chi connectivity index (χ0n) is 12.3. The van der Waals surface area contributed by atoms with Gasteiger partial charge in [-0.2, -0.15) is 0 Å². The van der Waals surface area contributed by atoms with E-state index in [-0.39, 0.29) is 24.2 Å². The van der Waals surface area contributed by atoms with Gasteiger partial charge >= 0.3 is 6.09 Å². The molecule has 1 fully saturated rings. The van der Waals surface area contributed by atoms with E-state index < -0.39 is 0 Å². The molecule has 1 heterocycles. The van der Waals surface area contributed by atoms with Crippen molar-refractivity contribution in [3.8, 4) is 0 Å². The maximum atomic E-state index is 11.9. The molecule has 0 N–H and O–H groups in total. The fourth-order valence-electron chi connectivity index (χ4n) is 1.72. The summed E-state index contributed by atoms with van der Waals surface area (Å²) >= 11 is 0. The minimum absolute atomic E-state index is 0.0292. The third-order valence-electron chi connectivity index (χ3n) is 2.79. The van der Waals surface area contributed by atoms with Crippen LogP contribution in [0.25, 0.3) is 0 Å². The van der Waals surface area contributed by atoms with Gasteiger partial charge in [-0.25, -0.2) is 4.79 Å². The van der Waals surface area contributed by atoms with Crippen LogP contribution in [0.4, 0.5) is 4.79 Å². The van der Waals surface area contributed by atoms with Gasteiger partial charge in [0.15, 0.2) is 0 Å². The smallest absolute Gasteiger partial charge is 0.409 e. The van der Waals surface area contributed by atoms with Crippen molar-refractivity contribution in [1.29, 1.82) is 0 Å². The lowest BCUT2D eigenvalue weighted by Crippen LogP contribution is -2.51. The van der Waals surface area contributed by atoms with Gasteiger partial charge in [-0.3, -0.25) is 4.79 Å². The molecular weight excluding hydrogens is 248 g/mol. The van der Waals surface area contributed by atoms with E-state index in [9.17, 15) is 9.59 Å². The molecule has 0 unspecified atom stereocenters. The summed E-state index contributed by atoms with van der Waals surface area (Å²) in [6, 6.07) is 0. The van der Waals surface area contributed by atoms with E-state index in [0.717, 1.165) is 0 Å². The summed E-state index contributed by atoms with van der Waals surface area (Å²) in [5.41, 5.74) is -0.317. The van der Waals surface area contributed by atoms with Crippen molar-refractivity contribution in [2.75, 3.05) is 39.4 Å². The minimum atomic E-state index is -0.317. The number of carbonyl (C=O) groups excluding carboxylic acids is 2. The molecule has 6 nitrogen and oxygen atoms in total. The molecular formula is C13H24N2O4. The average Bonchev–Trinajstić information content (AvgIpc) is 2.35. The van der Waals surface area contributed by atoms with Gasteiger partial charge in [-0.05, 0) is 27.7 Å². The Balaban J connectivity index is 2.33. The first-order valence-electron chi connectivity index (χ1n) is 6.67. The van der Waals surface area contributed by atoms with Gasteiger partial charge in [0.05, 0.1) is 12.2 Å². The highest BCUT2D eigenvalue weighted by Gasteiger charge is 2.25. The van der Waals surface area contributed by atoms with Crippen molar-refractivity contribution >= 4 is 12.0 Å². The van der Waals surface area contributed by atoms with Crippen LogP contribution in [0, 0.1) is 0 Å². The summed E-state index contributed by atoms with van der Waals surface area (Å²) in [5.74, 6) is -0.0292. The van der Waals surface area contributed by atoms with E-state index in [0.29, 0.717) is 32.8 Å². The predicted molar refractivity (Wildman–Crippen MR) is 70.9 cm³/mol. The van der Waals surface area contributed by atoms with Crippen molar-refractivity contribution in [2.45, 2.75) is 33.3 Å². The molecule has 0 bridgehead atoms. The molecule has 0 radical (unpaired) electrons. The van der Waals surface area contributed by atoms with E-state index in [2.05, 4.69) is 0 Å². The fraction of sp³-hybridized carbons (Fsp3) is 0.846. The molecule has 19 heavy (non-hydrogen) atoms. The monoisotopic (exact) mass is 272 g/mol. The number of hydrogen-bond acceptors (Lipinski definition) is 4. The van der Waals surface area contributed by atoms with E-state index in [1.54, 1.807) is 16.7 Å². The van der Waals surface area contributed by atoms with Crippen molar-refractivity contribution < 1.29 is 19.1 Å². The molecule has 0 aromatic rings. The van der Waals surface area contributed by atoms with Gasteiger partial charge < -0.3 is 19.3 Å². The van der Waals surface area contributed by atoms with Crippen LogP contribution in [0.15, 0.2) is 0 Å². The highest BCUT2D eigenvalue weighted by molar-refractivity contribution is 5.78. The summed E-state index contributed by atoms with van der Waals surface area (Å²) in [6.45, 7) is 10.1. The topological polar surface area (TPSA) is 59.1 Å². The van der Waals surface area contributed by atoms with Gasteiger partial charge in [-0.1, -0.05) is 0 Å². The molecule has 2 amide bonds. The van der Waals surface area contributed by atoms with Crippen LogP contribution in [0.5, 0.6) is 0 Å². The van der Waals surface area contributed by atoms with E-state index in [1.807, 2.05) is 20.8 Å². The minimum Gasteiger partial charge on any atom is -0.450 e. The summed E-state index contributed by atoms with van der Waals surface area (Å²) in [5, 5.41) is 0. The van der Waals surface area contributed by atoms with Crippen LogP contribution in [0.1, 0.15) is 27.7 Å². The summed E-state index contributed by atoms with van der Waals surface area (Å²) in [7, 11) is 0. The SMILES string of the molecule is CCOC(=O)N1CCN(C(=O)COC(C)(C)C)CC1. The lowest BCUT2D eigenvalue weighted by molar-refractivity contribution is -0.142. The number of nitrogens with zero attached hydrogens (tertiary/aromatic N) is 2. The van der Waals surface area contributed by atoms with Crippen LogP contribution < -0.4 is 0 Å². The van der Waals surface area contributed by atoms with Crippen LogP contribution in [0.3, 0.4) is 0 Å². The Morgan fingerprint density at radius 2 is 1.58 bits per heavy atom. The standard InChI is InChI=1S/C13H24N2O4/c1-5-18-12(17)15-8-6-14(7-9-15)11(16)10-19-13(2,3)4/h5-10H2,1-4H3. The highest BCUT2D eigenvalue weighted by Crippen LogP contribution is 2.09. The van der Waals surface area contributed by atoms with Crippen molar-refractivity contribution in [2.24, 2.45) is 0 Å². The largest absolute Gasteiger partial charge is 0.450 e. The maximum Gasteiger partial charge on any atom is 0.409 e. The van der Waals surface area contributed by atoms with Crippen molar-refractivity contribution in [3.63, 3.8) is 0 Å². The second-order valence-corrected chi connectivity index (χ2v) is 5.47. The highest BCUT2D eigenvalue weighted by atomic mass is 16.6. The summed E-state index contributed by atoms with van der Waals surface area (Å²) < 4.78 is 10.4. The number of hydrogen-bond donors (Lipinski definition) is 0. The average molecular weight is 272 g/mol. The molecule has 0 aliphatic carbocycles. The third-order valence-corrected chi connectivity index (χ3v) is 2.79. The van der Waals surface area contributed by atoms with Crippen molar-refractivity contribution in [1.82, 2.24) is 9.80 Å². The first-order valence-corrected chi connectivity index (χ1v) is 6.67. The van der Waals surface area contributed by atoms with E-state index in [1.165, 1.54) is 0 Å². The van der Waals surface area contributed by atoms with Crippen LogP contribution >= 0.6 is 0 Å². The van der Waals surface area contributed by atoms with Gasteiger partial charge in [0.1, 0.15) is 6.61 Å². The zero-order valence-corrected chi connectivity index (χ0v) is 12.3. The van der Waals surface area contributed by atoms with Crippen LogP contribution in [-0.4, -0.2) is 66.8 Å². The Labute approximate surface area is 114 Å². The number of rotatable bonds is 3.